The van der Waals surface area contributed by atoms with Crippen LogP contribution in [0.4, 0.5) is 17.6 Å². The molecule has 0 radical (unpaired) electrons. The van der Waals surface area contributed by atoms with Crippen LogP contribution >= 0.6 is 0 Å². The van der Waals surface area contributed by atoms with E-state index in [1.807, 2.05) is 0 Å². The molecule has 0 aromatic heterocycles. The lowest BCUT2D eigenvalue weighted by molar-refractivity contribution is 0.147. The molecule has 4 nitrogen and oxygen atoms in total. The average Bonchev–Trinajstić information content (AvgIpc) is 2.43. The molecule has 0 fully saturated rings. The van der Waals surface area contributed by atoms with Gasteiger partial charge in [0.25, 0.3) is 6.43 Å². The van der Waals surface area contributed by atoms with Gasteiger partial charge in [-0.25, -0.2) is 26.0 Å². The van der Waals surface area contributed by atoms with E-state index in [2.05, 4.69) is 0 Å². The van der Waals surface area contributed by atoms with Crippen molar-refractivity contribution in [2.24, 2.45) is 0 Å². The highest BCUT2D eigenvalue weighted by Crippen LogP contribution is 2.38. The molecule has 0 aliphatic carbocycles. The molecule has 24 heavy (non-hydrogen) atoms. The number of ether oxygens (including phenoxy) is 1. The summed E-state index contributed by atoms with van der Waals surface area (Å²) in [5.74, 6) is -2.96. The summed E-state index contributed by atoms with van der Waals surface area (Å²) in [6.07, 6.45) is -2.48. The first-order chi connectivity index (χ1) is 11.1. The Morgan fingerprint density at radius 2 is 1.71 bits per heavy atom. The maximum atomic E-state index is 13.3. The maximum absolute atomic E-state index is 13.3. The van der Waals surface area contributed by atoms with E-state index in [9.17, 15) is 26.0 Å². The first-order valence-corrected chi connectivity index (χ1v) is 8.21. The van der Waals surface area contributed by atoms with Crippen molar-refractivity contribution in [3.8, 4) is 17.6 Å². The number of rotatable bonds is 4. The van der Waals surface area contributed by atoms with Gasteiger partial charge in [0.1, 0.15) is 29.2 Å². The van der Waals surface area contributed by atoms with Crippen molar-refractivity contribution >= 4 is 9.84 Å². The van der Waals surface area contributed by atoms with E-state index < -0.39 is 55.4 Å². The first-order valence-electron chi connectivity index (χ1n) is 6.32. The molecule has 0 aliphatic heterocycles. The fourth-order valence-electron chi connectivity index (χ4n) is 2.02. The number of nitrogens with zero attached hydrogens (tertiary/aromatic N) is 1. The van der Waals surface area contributed by atoms with Gasteiger partial charge < -0.3 is 4.74 Å². The highest BCUT2D eigenvalue weighted by atomic mass is 32.2. The Kier molecular flexibility index (Phi) is 4.80. The van der Waals surface area contributed by atoms with Gasteiger partial charge in [0.05, 0.1) is 16.0 Å². The van der Waals surface area contributed by atoms with Gasteiger partial charge >= 0.3 is 0 Å². The average molecular weight is 359 g/mol. The monoisotopic (exact) mass is 359 g/mol. The van der Waals surface area contributed by atoms with E-state index in [0.29, 0.717) is 6.07 Å². The SMILES string of the molecule is CS(=O)(=O)c1ccc(Oc2cc(F)cc(F)c2)c(C(F)F)c1C#N. The molecule has 126 valence electrons. The second-order valence-corrected chi connectivity index (χ2v) is 6.73. The van der Waals surface area contributed by atoms with Crippen LogP contribution in [0, 0.1) is 23.0 Å². The summed E-state index contributed by atoms with van der Waals surface area (Å²) in [6.45, 7) is 0. The zero-order valence-corrected chi connectivity index (χ0v) is 12.9. The van der Waals surface area contributed by atoms with Crippen LogP contribution in [0.25, 0.3) is 0 Å². The van der Waals surface area contributed by atoms with Crippen molar-refractivity contribution in [1.82, 2.24) is 0 Å². The van der Waals surface area contributed by atoms with E-state index in [-0.39, 0.29) is 0 Å². The molecule has 0 amide bonds. The van der Waals surface area contributed by atoms with E-state index in [1.165, 1.54) is 6.07 Å². The van der Waals surface area contributed by atoms with Crippen LogP contribution < -0.4 is 4.74 Å². The van der Waals surface area contributed by atoms with Crippen LogP contribution in [-0.4, -0.2) is 14.7 Å². The van der Waals surface area contributed by atoms with Crippen molar-refractivity contribution in [1.29, 1.82) is 5.26 Å². The lowest BCUT2D eigenvalue weighted by atomic mass is 10.1. The summed E-state index contributed by atoms with van der Waals surface area (Å²) in [5.41, 5.74) is -1.74. The lowest BCUT2D eigenvalue weighted by Gasteiger charge is -2.14. The van der Waals surface area contributed by atoms with Gasteiger partial charge in [0, 0.05) is 24.5 Å². The Labute approximate surface area is 134 Å². The number of nitriles is 1. The minimum absolute atomic E-state index is 0.412. The Bertz CT molecular complexity index is 916. The third kappa shape index (κ3) is 3.65. The molecule has 0 saturated carbocycles. The fraction of sp³-hybridized carbons (Fsp3) is 0.133. The van der Waals surface area contributed by atoms with Crippen LogP contribution in [0.3, 0.4) is 0 Å². The van der Waals surface area contributed by atoms with Crippen molar-refractivity contribution in [3.63, 3.8) is 0 Å². The van der Waals surface area contributed by atoms with E-state index >= 15 is 0 Å². The van der Waals surface area contributed by atoms with Crippen LogP contribution in [0.1, 0.15) is 17.6 Å². The second kappa shape index (κ2) is 6.49. The molecule has 2 rings (SSSR count). The second-order valence-electron chi connectivity index (χ2n) is 4.74. The highest BCUT2D eigenvalue weighted by Gasteiger charge is 2.26. The summed E-state index contributed by atoms with van der Waals surface area (Å²) in [6, 6.07) is 5.32. The Hall–Kier alpha value is -2.60. The largest absolute Gasteiger partial charge is 0.457 e. The number of benzene rings is 2. The number of sulfone groups is 1. The summed E-state index contributed by atoms with van der Waals surface area (Å²) < 4.78 is 81.2. The zero-order valence-electron chi connectivity index (χ0n) is 12.1. The molecule has 0 unspecified atom stereocenters. The van der Waals surface area contributed by atoms with Crippen LogP contribution in [0.5, 0.6) is 11.5 Å². The first kappa shape index (κ1) is 17.7. The van der Waals surface area contributed by atoms with Crippen molar-refractivity contribution in [2.45, 2.75) is 11.3 Å². The molecule has 2 aromatic rings. The quantitative estimate of drug-likeness (QED) is 0.775. The minimum atomic E-state index is -3.94. The van der Waals surface area contributed by atoms with Crippen LogP contribution in [0.15, 0.2) is 35.2 Å². The molecular formula is C15H9F4NO3S. The number of halogens is 4. The summed E-state index contributed by atoms with van der Waals surface area (Å²) in [4.78, 5) is -0.585. The number of hydrogen-bond donors (Lipinski definition) is 0. The van der Waals surface area contributed by atoms with Crippen LogP contribution in [0.2, 0.25) is 0 Å². The van der Waals surface area contributed by atoms with Gasteiger partial charge in [-0.1, -0.05) is 0 Å². The van der Waals surface area contributed by atoms with Gasteiger partial charge in [-0.15, -0.1) is 0 Å². The van der Waals surface area contributed by atoms with Gasteiger partial charge in [0.15, 0.2) is 9.84 Å². The molecule has 0 N–H and O–H groups in total. The molecule has 0 saturated heterocycles. The molecule has 0 bridgehead atoms. The molecule has 0 heterocycles. The third-order valence-electron chi connectivity index (χ3n) is 2.96. The van der Waals surface area contributed by atoms with Gasteiger partial charge in [0.2, 0.25) is 0 Å². The predicted octanol–water partition coefficient (Wildman–Crippen LogP) is 3.97. The maximum Gasteiger partial charge on any atom is 0.268 e. The van der Waals surface area contributed by atoms with Gasteiger partial charge in [-0.2, -0.15) is 5.26 Å². The molecule has 9 heteroatoms. The van der Waals surface area contributed by atoms with E-state index in [1.54, 1.807) is 0 Å². The normalized spacial score (nSPS) is 11.4. The molecule has 0 atom stereocenters. The number of alkyl halides is 2. The smallest absolute Gasteiger partial charge is 0.268 e. The topological polar surface area (TPSA) is 67.2 Å². The third-order valence-corrected chi connectivity index (χ3v) is 4.10. The van der Waals surface area contributed by atoms with E-state index in [4.69, 9.17) is 10.00 Å². The van der Waals surface area contributed by atoms with Crippen molar-refractivity contribution < 1.29 is 30.7 Å². The Morgan fingerprint density at radius 1 is 1.12 bits per heavy atom. The fourth-order valence-corrected chi connectivity index (χ4v) is 2.87. The molecule has 2 aromatic carbocycles. The molecule has 0 spiro atoms. The summed E-state index contributed by atoms with van der Waals surface area (Å²) >= 11 is 0. The summed E-state index contributed by atoms with van der Waals surface area (Å²) in [5, 5.41) is 9.07. The standard InChI is InChI=1S/C15H9F4NO3S/c1-24(21,22)13-3-2-12(14(15(18)19)11(13)7-20)23-10-5-8(16)4-9(17)6-10/h2-6,15H,1H3. The zero-order chi connectivity index (χ0) is 18.1. The van der Waals surface area contributed by atoms with Crippen molar-refractivity contribution in [3.05, 3.63) is 53.1 Å². The van der Waals surface area contributed by atoms with Gasteiger partial charge in [-0.05, 0) is 12.1 Å². The summed E-state index contributed by atoms with van der Waals surface area (Å²) in [7, 11) is -3.94. The minimum Gasteiger partial charge on any atom is -0.457 e. The predicted molar refractivity (Wildman–Crippen MR) is 75.7 cm³/mol. The van der Waals surface area contributed by atoms with Crippen molar-refractivity contribution in [2.75, 3.05) is 6.26 Å². The Balaban J connectivity index is 2.65. The molecular weight excluding hydrogens is 350 g/mol. The lowest BCUT2D eigenvalue weighted by Crippen LogP contribution is -2.06. The van der Waals surface area contributed by atoms with Gasteiger partial charge in [-0.3, -0.25) is 0 Å². The number of hydrogen-bond acceptors (Lipinski definition) is 4. The highest BCUT2D eigenvalue weighted by molar-refractivity contribution is 7.90. The Morgan fingerprint density at radius 3 is 2.17 bits per heavy atom. The van der Waals surface area contributed by atoms with Crippen LogP contribution in [-0.2, 0) is 9.84 Å². The van der Waals surface area contributed by atoms with E-state index in [0.717, 1.165) is 30.5 Å². The molecule has 0 aliphatic rings.